The standard InChI is InChI=1S/C23H17N3O5.C23H19N3O4/c1-31-20-11-10-19(23(28)21(20)16-4-2-5-18(14-16)26(29)30)22(27)15-6-8-17(9-7-15)25-13-3-12-24-25;1-30-21-11-8-18(14-16-6-9-19(10-7-16)25-13-3-12-24-25)23(27)22(21)17-4-2-5-20(15-17)26(28)29/h2-14,28H,1H3;2-13,15,27H,14H2,1H3. The third kappa shape index (κ3) is 8.80. The second-order valence-electron chi connectivity index (χ2n) is 13.4. The molecule has 2 heterocycles. The molecule has 0 fully saturated rings. The summed E-state index contributed by atoms with van der Waals surface area (Å²) in [5.74, 6) is 0.0974. The molecular weight excluding hydrogens is 781 g/mol. The highest BCUT2D eigenvalue weighted by molar-refractivity contribution is 6.12. The van der Waals surface area contributed by atoms with Gasteiger partial charge in [-0.05, 0) is 89.0 Å². The average molecular weight is 817 g/mol. The summed E-state index contributed by atoms with van der Waals surface area (Å²) in [6.07, 6.45) is 7.53. The molecule has 0 atom stereocenters. The van der Waals surface area contributed by atoms with Crippen LogP contribution in [-0.4, -0.2) is 59.6 Å². The SMILES string of the molecule is COc1ccc(C(=O)c2ccc(-n3cccn3)cc2)c(O)c1-c1cccc([N+](=O)[O-])c1.COc1ccc(Cc2ccc(-n3cccn3)cc2)c(O)c1-c1cccc([N+](=O)[O-])c1. The number of phenolic OH excluding ortho intramolecular Hbond substituents is 2. The number of ether oxygens (including phenoxy) is 2. The molecule has 0 unspecified atom stereocenters. The first kappa shape index (κ1) is 40.6. The first-order valence-electron chi connectivity index (χ1n) is 18.6. The van der Waals surface area contributed by atoms with E-state index in [4.69, 9.17) is 9.47 Å². The van der Waals surface area contributed by atoms with Crippen LogP contribution in [0.15, 0.2) is 158 Å². The van der Waals surface area contributed by atoms with Gasteiger partial charge >= 0.3 is 0 Å². The summed E-state index contributed by atoms with van der Waals surface area (Å²) in [7, 11) is 2.93. The maximum Gasteiger partial charge on any atom is 0.270 e. The lowest BCUT2D eigenvalue weighted by molar-refractivity contribution is -0.385. The Morgan fingerprint density at radius 2 is 1.11 bits per heavy atom. The summed E-state index contributed by atoms with van der Waals surface area (Å²) < 4.78 is 14.2. The minimum Gasteiger partial charge on any atom is -0.507 e. The molecule has 0 radical (unpaired) electrons. The number of ketones is 1. The zero-order valence-corrected chi connectivity index (χ0v) is 32.7. The fraction of sp³-hybridized carbons (Fsp3) is 0.0652. The number of nitro benzene ring substituents is 2. The summed E-state index contributed by atoms with van der Waals surface area (Å²) in [6, 6.07) is 36.9. The van der Waals surface area contributed by atoms with E-state index < -0.39 is 9.85 Å². The van der Waals surface area contributed by atoms with Crippen LogP contribution in [0, 0.1) is 20.2 Å². The highest BCUT2D eigenvalue weighted by Gasteiger charge is 2.23. The molecule has 0 saturated heterocycles. The van der Waals surface area contributed by atoms with Crippen molar-refractivity contribution in [3.8, 4) is 56.6 Å². The lowest BCUT2D eigenvalue weighted by atomic mass is 9.95. The van der Waals surface area contributed by atoms with Crippen LogP contribution < -0.4 is 9.47 Å². The number of nitrogens with zero attached hydrogens (tertiary/aromatic N) is 6. The first-order chi connectivity index (χ1) is 29.6. The average Bonchev–Trinajstić information content (AvgIpc) is 4.04. The lowest BCUT2D eigenvalue weighted by Crippen LogP contribution is -2.04. The molecule has 8 aromatic rings. The van der Waals surface area contributed by atoms with Crippen LogP contribution >= 0.6 is 0 Å². The maximum atomic E-state index is 13.1. The van der Waals surface area contributed by atoms with E-state index in [1.807, 2.05) is 36.5 Å². The molecule has 0 amide bonds. The maximum absolute atomic E-state index is 13.1. The number of hydrogen-bond donors (Lipinski definition) is 2. The van der Waals surface area contributed by atoms with Crippen LogP contribution in [0.25, 0.3) is 33.6 Å². The van der Waals surface area contributed by atoms with Crippen LogP contribution in [0.5, 0.6) is 23.0 Å². The minimum absolute atomic E-state index is 0.0472. The van der Waals surface area contributed by atoms with E-state index >= 15 is 0 Å². The van der Waals surface area contributed by atoms with Gasteiger partial charge in [0, 0.05) is 61.0 Å². The van der Waals surface area contributed by atoms with Gasteiger partial charge in [0.05, 0.1) is 52.1 Å². The van der Waals surface area contributed by atoms with E-state index in [0.717, 1.165) is 16.9 Å². The van der Waals surface area contributed by atoms with E-state index in [1.165, 1.54) is 50.6 Å². The predicted molar refractivity (Wildman–Crippen MR) is 227 cm³/mol. The molecule has 6 aromatic carbocycles. The molecule has 8 rings (SSSR count). The Morgan fingerprint density at radius 3 is 1.59 bits per heavy atom. The molecule has 0 aliphatic carbocycles. The Morgan fingerprint density at radius 1 is 0.623 bits per heavy atom. The van der Waals surface area contributed by atoms with E-state index in [-0.39, 0.29) is 39.8 Å². The van der Waals surface area contributed by atoms with Gasteiger partial charge in [-0.2, -0.15) is 10.2 Å². The number of aromatic nitrogens is 4. The highest BCUT2D eigenvalue weighted by atomic mass is 16.6. The Kier molecular flexibility index (Phi) is 11.9. The molecule has 0 aliphatic heterocycles. The summed E-state index contributed by atoms with van der Waals surface area (Å²) in [5.41, 5.74) is 5.24. The molecule has 15 heteroatoms. The largest absolute Gasteiger partial charge is 0.507 e. The molecule has 61 heavy (non-hydrogen) atoms. The van der Waals surface area contributed by atoms with Crippen LogP contribution in [-0.2, 0) is 6.42 Å². The number of benzene rings is 6. The first-order valence-corrected chi connectivity index (χ1v) is 18.6. The number of hydrogen-bond acceptors (Lipinski definition) is 11. The number of non-ortho nitro benzene ring substituents is 2. The van der Waals surface area contributed by atoms with Gasteiger partial charge in [0.15, 0.2) is 5.78 Å². The van der Waals surface area contributed by atoms with Gasteiger partial charge in [0.1, 0.15) is 23.0 Å². The smallest absolute Gasteiger partial charge is 0.270 e. The molecule has 304 valence electrons. The van der Waals surface area contributed by atoms with Crippen molar-refractivity contribution in [2.75, 3.05) is 14.2 Å². The van der Waals surface area contributed by atoms with Crippen LogP contribution in [0.1, 0.15) is 27.0 Å². The monoisotopic (exact) mass is 816 g/mol. The summed E-state index contributed by atoms with van der Waals surface area (Å²) in [5, 5.41) is 52.6. The van der Waals surface area contributed by atoms with E-state index in [2.05, 4.69) is 10.2 Å². The topological polar surface area (TPSA) is 198 Å². The van der Waals surface area contributed by atoms with Gasteiger partial charge in [-0.3, -0.25) is 25.0 Å². The molecule has 2 N–H and O–H groups in total. The Bertz CT molecular complexity index is 2840. The van der Waals surface area contributed by atoms with Crippen molar-refractivity contribution in [2.45, 2.75) is 6.42 Å². The van der Waals surface area contributed by atoms with Crippen molar-refractivity contribution >= 4 is 17.2 Å². The summed E-state index contributed by atoms with van der Waals surface area (Å²) >= 11 is 0. The number of carbonyl (C=O) groups is 1. The normalized spacial score (nSPS) is 10.7. The van der Waals surface area contributed by atoms with Gasteiger partial charge in [0.25, 0.3) is 11.4 Å². The number of carbonyl (C=O) groups excluding carboxylic acids is 1. The van der Waals surface area contributed by atoms with Gasteiger partial charge in [-0.1, -0.05) is 42.5 Å². The Hall–Kier alpha value is -8.59. The van der Waals surface area contributed by atoms with Crippen molar-refractivity contribution in [2.24, 2.45) is 0 Å². The van der Waals surface area contributed by atoms with E-state index in [0.29, 0.717) is 45.7 Å². The third-order valence-electron chi connectivity index (χ3n) is 9.74. The highest BCUT2D eigenvalue weighted by Crippen LogP contribution is 2.43. The van der Waals surface area contributed by atoms with Gasteiger partial charge in [-0.15, -0.1) is 0 Å². The fourth-order valence-corrected chi connectivity index (χ4v) is 6.71. The van der Waals surface area contributed by atoms with Crippen molar-refractivity contribution in [1.29, 1.82) is 0 Å². The van der Waals surface area contributed by atoms with Crippen LogP contribution in [0.2, 0.25) is 0 Å². The fourth-order valence-electron chi connectivity index (χ4n) is 6.71. The number of aromatic hydroxyl groups is 2. The molecule has 0 spiro atoms. The molecule has 2 aromatic heterocycles. The van der Waals surface area contributed by atoms with Gasteiger partial charge in [0.2, 0.25) is 0 Å². The third-order valence-corrected chi connectivity index (χ3v) is 9.74. The molecule has 0 saturated carbocycles. The van der Waals surface area contributed by atoms with Crippen molar-refractivity contribution in [3.05, 3.63) is 201 Å². The van der Waals surface area contributed by atoms with Crippen LogP contribution in [0.3, 0.4) is 0 Å². The Labute approximate surface area is 348 Å². The van der Waals surface area contributed by atoms with Gasteiger partial charge < -0.3 is 19.7 Å². The van der Waals surface area contributed by atoms with Crippen molar-refractivity contribution in [1.82, 2.24) is 19.6 Å². The molecule has 15 nitrogen and oxygen atoms in total. The predicted octanol–water partition coefficient (Wildman–Crippen LogP) is 9.15. The zero-order chi connectivity index (χ0) is 43.0. The molecule has 0 aliphatic rings. The number of rotatable bonds is 12. The summed E-state index contributed by atoms with van der Waals surface area (Å²) in [6.45, 7) is 0. The zero-order valence-electron chi connectivity index (χ0n) is 32.7. The van der Waals surface area contributed by atoms with E-state index in [1.54, 1.807) is 94.7 Å². The molecular formula is C46H36N6O9. The van der Waals surface area contributed by atoms with Crippen molar-refractivity contribution < 1.29 is 34.3 Å². The van der Waals surface area contributed by atoms with Crippen molar-refractivity contribution in [3.63, 3.8) is 0 Å². The second-order valence-corrected chi connectivity index (χ2v) is 13.4. The number of nitro groups is 2. The van der Waals surface area contributed by atoms with Crippen LogP contribution in [0.4, 0.5) is 11.4 Å². The quantitative estimate of drug-likeness (QED) is 0.0677. The molecule has 0 bridgehead atoms. The Balaban J connectivity index is 0.000000184. The summed E-state index contributed by atoms with van der Waals surface area (Å²) in [4.78, 5) is 34.4. The minimum atomic E-state index is -0.525. The van der Waals surface area contributed by atoms with E-state index in [9.17, 15) is 35.2 Å². The number of phenols is 2. The second kappa shape index (κ2) is 17.9. The number of methoxy groups -OCH3 is 2. The lowest BCUT2D eigenvalue weighted by Gasteiger charge is -2.15. The van der Waals surface area contributed by atoms with Gasteiger partial charge in [-0.25, -0.2) is 9.36 Å².